The average molecular weight is 421 g/mol. The number of halogens is 2. The molecule has 0 radical (unpaired) electrons. The van der Waals surface area contributed by atoms with Crippen LogP contribution in [-0.2, 0) is 6.42 Å². The van der Waals surface area contributed by atoms with Crippen LogP contribution in [0.4, 0.5) is 8.78 Å². The zero-order chi connectivity index (χ0) is 22.6. The van der Waals surface area contributed by atoms with Gasteiger partial charge in [0.15, 0.2) is 17.4 Å². The molecular formula is C28H30F2O. The minimum absolute atomic E-state index is 0.102. The van der Waals surface area contributed by atoms with Gasteiger partial charge < -0.3 is 0 Å². The normalized spacial score (nSPS) is 11.5. The van der Waals surface area contributed by atoms with Crippen LogP contribution in [-0.4, -0.2) is 5.78 Å². The first-order valence-corrected chi connectivity index (χ1v) is 10.9. The van der Waals surface area contributed by atoms with Gasteiger partial charge >= 0.3 is 0 Å². The summed E-state index contributed by atoms with van der Waals surface area (Å²) in [6.07, 6.45) is 3.48. The van der Waals surface area contributed by atoms with Gasteiger partial charge in [-0.2, -0.15) is 0 Å². The van der Waals surface area contributed by atoms with E-state index in [4.69, 9.17) is 0 Å². The van der Waals surface area contributed by atoms with E-state index in [0.29, 0.717) is 23.1 Å². The zero-order valence-electron chi connectivity index (χ0n) is 18.8. The molecule has 0 amide bonds. The van der Waals surface area contributed by atoms with E-state index in [2.05, 4.69) is 6.92 Å². The van der Waals surface area contributed by atoms with Crippen molar-refractivity contribution in [2.45, 2.75) is 53.4 Å². The van der Waals surface area contributed by atoms with Crippen molar-refractivity contribution in [2.75, 3.05) is 0 Å². The molecule has 3 rings (SSSR count). The van der Waals surface area contributed by atoms with Gasteiger partial charge in [-0.25, -0.2) is 8.78 Å². The third-order valence-electron chi connectivity index (χ3n) is 5.57. The minimum Gasteiger partial charge on any atom is -0.294 e. The largest absolute Gasteiger partial charge is 0.294 e. The summed E-state index contributed by atoms with van der Waals surface area (Å²) in [4.78, 5) is 12.4. The number of hydrogen-bond acceptors (Lipinski definition) is 1. The van der Waals surface area contributed by atoms with Crippen molar-refractivity contribution in [3.05, 3.63) is 83.4 Å². The van der Waals surface area contributed by atoms with Gasteiger partial charge in [-0.3, -0.25) is 4.79 Å². The number of benzene rings is 3. The Morgan fingerprint density at radius 2 is 1.29 bits per heavy atom. The van der Waals surface area contributed by atoms with Crippen LogP contribution in [0.3, 0.4) is 0 Å². The van der Waals surface area contributed by atoms with Crippen molar-refractivity contribution in [3.8, 4) is 22.3 Å². The molecule has 0 bridgehead atoms. The van der Waals surface area contributed by atoms with Crippen LogP contribution in [0.5, 0.6) is 0 Å². The fourth-order valence-corrected chi connectivity index (χ4v) is 3.66. The Labute approximate surface area is 184 Å². The number of aryl methyl sites for hydroxylation is 1. The fourth-order valence-electron chi connectivity index (χ4n) is 3.66. The summed E-state index contributed by atoms with van der Waals surface area (Å²) >= 11 is 0. The summed E-state index contributed by atoms with van der Waals surface area (Å²) in [6.45, 7) is 7.80. The molecule has 0 saturated heterocycles. The molecule has 31 heavy (non-hydrogen) atoms. The van der Waals surface area contributed by atoms with Gasteiger partial charge in [0.05, 0.1) is 0 Å². The molecule has 162 valence electrons. The molecule has 0 saturated carbocycles. The lowest BCUT2D eigenvalue weighted by Crippen LogP contribution is -2.19. The molecule has 0 aliphatic carbocycles. The van der Waals surface area contributed by atoms with Crippen LogP contribution >= 0.6 is 0 Å². The maximum Gasteiger partial charge on any atom is 0.168 e. The second-order valence-electron chi connectivity index (χ2n) is 9.09. The SMILES string of the molecule is CCCCCc1ccc(-c2ccc(-c3ccc(C(=O)C(C)(C)C)cc3)cc2)c(F)c1F. The molecular weight excluding hydrogens is 390 g/mol. The molecule has 0 spiro atoms. The highest BCUT2D eigenvalue weighted by Gasteiger charge is 2.22. The van der Waals surface area contributed by atoms with Crippen LogP contribution in [0.15, 0.2) is 60.7 Å². The summed E-state index contributed by atoms with van der Waals surface area (Å²) < 4.78 is 29.2. The summed E-state index contributed by atoms with van der Waals surface area (Å²) in [7, 11) is 0. The molecule has 0 aliphatic rings. The van der Waals surface area contributed by atoms with E-state index in [1.54, 1.807) is 24.3 Å². The predicted molar refractivity (Wildman–Crippen MR) is 124 cm³/mol. The minimum atomic E-state index is -0.785. The third kappa shape index (κ3) is 5.28. The highest BCUT2D eigenvalue weighted by Crippen LogP contribution is 2.30. The summed E-state index contributed by atoms with van der Waals surface area (Å²) in [5.41, 5.74) is 3.54. The smallest absolute Gasteiger partial charge is 0.168 e. The Kier molecular flexibility index (Phi) is 7.04. The molecule has 0 fully saturated rings. The van der Waals surface area contributed by atoms with Crippen LogP contribution in [0.1, 0.15) is 62.9 Å². The molecule has 1 nitrogen and oxygen atoms in total. The van der Waals surface area contributed by atoms with Gasteiger partial charge in [-0.05, 0) is 35.1 Å². The average Bonchev–Trinajstić information content (AvgIpc) is 2.76. The molecule has 0 aromatic heterocycles. The van der Waals surface area contributed by atoms with Crippen LogP contribution in [0, 0.1) is 17.0 Å². The van der Waals surface area contributed by atoms with Gasteiger partial charge in [0.2, 0.25) is 0 Å². The van der Waals surface area contributed by atoms with Gasteiger partial charge in [0.25, 0.3) is 0 Å². The van der Waals surface area contributed by atoms with E-state index < -0.39 is 17.0 Å². The van der Waals surface area contributed by atoms with E-state index in [-0.39, 0.29) is 11.3 Å². The maximum absolute atomic E-state index is 14.7. The maximum atomic E-state index is 14.7. The first-order valence-electron chi connectivity index (χ1n) is 10.9. The molecule has 0 aliphatic heterocycles. The van der Waals surface area contributed by atoms with E-state index in [0.717, 1.165) is 30.4 Å². The van der Waals surface area contributed by atoms with Crippen LogP contribution in [0.2, 0.25) is 0 Å². The highest BCUT2D eigenvalue weighted by atomic mass is 19.2. The lowest BCUT2D eigenvalue weighted by Gasteiger charge is -2.16. The van der Waals surface area contributed by atoms with Crippen molar-refractivity contribution in [2.24, 2.45) is 5.41 Å². The molecule has 0 heterocycles. The molecule has 3 heteroatoms. The monoisotopic (exact) mass is 420 g/mol. The third-order valence-corrected chi connectivity index (χ3v) is 5.57. The number of hydrogen-bond donors (Lipinski definition) is 0. The first kappa shape index (κ1) is 22.9. The number of ketones is 1. The second kappa shape index (κ2) is 9.55. The van der Waals surface area contributed by atoms with Crippen molar-refractivity contribution in [1.29, 1.82) is 0 Å². The number of carbonyl (C=O) groups excluding carboxylic acids is 1. The number of carbonyl (C=O) groups is 1. The molecule has 0 atom stereocenters. The van der Waals surface area contributed by atoms with Crippen molar-refractivity contribution in [1.82, 2.24) is 0 Å². The highest BCUT2D eigenvalue weighted by molar-refractivity contribution is 6.00. The van der Waals surface area contributed by atoms with E-state index in [1.165, 1.54) is 0 Å². The zero-order valence-corrected chi connectivity index (χ0v) is 18.8. The standard InChI is InChI=1S/C28H30F2O/c1-5-6-7-8-22-17-18-24(26(30)25(22)29)21-13-9-19(10-14-21)20-11-15-23(16-12-20)27(31)28(2,3)4/h9-18H,5-8H2,1-4H3. The van der Waals surface area contributed by atoms with Crippen molar-refractivity contribution >= 4 is 5.78 Å². The van der Waals surface area contributed by atoms with Gasteiger partial charge in [-0.1, -0.05) is 101 Å². The number of rotatable bonds is 7. The van der Waals surface area contributed by atoms with E-state index in [9.17, 15) is 13.6 Å². The van der Waals surface area contributed by atoms with Gasteiger partial charge in [0, 0.05) is 16.5 Å². The lowest BCUT2D eigenvalue weighted by atomic mass is 9.86. The van der Waals surface area contributed by atoms with E-state index in [1.807, 2.05) is 57.2 Å². The van der Waals surface area contributed by atoms with Crippen molar-refractivity contribution in [3.63, 3.8) is 0 Å². The molecule has 0 N–H and O–H groups in total. The Hall–Kier alpha value is -2.81. The predicted octanol–water partition coefficient (Wildman–Crippen LogP) is 8.26. The number of Topliss-reactive ketones (excluding diaryl/α,β-unsaturated/α-hetero) is 1. The quantitative estimate of drug-likeness (QED) is 0.278. The molecule has 0 unspecified atom stereocenters. The van der Waals surface area contributed by atoms with Gasteiger partial charge in [0.1, 0.15) is 0 Å². The first-order chi connectivity index (χ1) is 14.7. The van der Waals surface area contributed by atoms with Gasteiger partial charge in [-0.15, -0.1) is 0 Å². The summed E-state index contributed by atoms with van der Waals surface area (Å²) in [5, 5.41) is 0. The van der Waals surface area contributed by atoms with E-state index >= 15 is 0 Å². The molecule has 3 aromatic rings. The Balaban J connectivity index is 1.80. The Morgan fingerprint density at radius 3 is 1.84 bits per heavy atom. The number of unbranched alkanes of at least 4 members (excludes halogenated alkanes) is 2. The van der Waals surface area contributed by atoms with Crippen LogP contribution in [0.25, 0.3) is 22.3 Å². The lowest BCUT2D eigenvalue weighted by molar-refractivity contribution is 0.0858. The second-order valence-corrected chi connectivity index (χ2v) is 9.09. The Bertz CT molecular complexity index is 1040. The van der Waals surface area contributed by atoms with Crippen LogP contribution < -0.4 is 0 Å². The Morgan fingerprint density at radius 1 is 0.742 bits per heavy atom. The summed E-state index contributed by atoms with van der Waals surface area (Å²) in [6, 6.07) is 18.3. The molecule has 3 aromatic carbocycles. The fraction of sp³-hybridized carbons (Fsp3) is 0.321. The van der Waals surface area contributed by atoms with Crippen molar-refractivity contribution < 1.29 is 13.6 Å². The summed E-state index contributed by atoms with van der Waals surface area (Å²) in [5.74, 6) is -1.42. The topological polar surface area (TPSA) is 17.1 Å².